The molecule has 2 aromatic rings. The lowest BCUT2D eigenvalue weighted by Gasteiger charge is -2.38. The van der Waals surface area contributed by atoms with Crippen LogP contribution in [0.15, 0.2) is 43.1 Å². The van der Waals surface area contributed by atoms with Gasteiger partial charge in [0.25, 0.3) is 5.91 Å². The Morgan fingerprint density at radius 2 is 1.78 bits per heavy atom. The summed E-state index contributed by atoms with van der Waals surface area (Å²) in [6.45, 7) is 11.4. The van der Waals surface area contributed by atoms with Crippen molar-refractivity contribution in [2.24, 2.45) is 0 Å². The maximum atomic E-state index is 15.2. The number of nitrogens with one attached hydrogen (secondary N) is 3. The molecular weight excluding hydrogens is 490 g/mol. The van der Waals surface area contributed by atoms with Gasteiger partial charge in [0, 0.05) is 43.9 Å². The van der Waals surface area contributed by atoms with Crippen LogP contribution in [-0.2, 0) is 11.0 Å². The van der Waals surface area contributed by atoms with Crippen LogP contribution in [0.4, 0.5) is 34.8 Å². The molecule has 1 aliphatic heterocycles. The average Bonchev–Trinajstić information content (AvgIpc) is 2.79. The van der Waals surface area contributed by atoms with Crippen LogP contribution in [0.2, 0.25) is 0 Å². The van der Waals surface area contributed by atoms with Crippen molar-refractivity contribution >= 4 is 34.6 Å². The van der Waals surface area contributed by atoms with Gasteiger partial charge in [-0.05, 0) is 44.5 Å². The smallest absolute Gasteiger partial charge is 0.367 e. The van der Waals surface area contributed by atoms with Crippen LogP contribution in [-0.4, -0.2) is 42.0 Å². The van der Waals surface area contributed by atoms with Crippen molar-refractivity contribution in [3.05, 3.63) is 65.6 Å². The molecule has 3 rings (SSSR count). The number of halogens is 4. The molecule has 37 heavy (non-hydrogen) atoms. The fraction of sp³-hybridized carbons (Fsp3) is 0.346. The molecule has 0 unspecified atom stereocenters. The highest BCUT2D eigenvalue weighted by atomic mass is 19.4. The molecule has 7 nitrogen and oxygen atoms in total. The van der Waals surface area contributed by atoms with Crippen LogP contribution >= 0.6 is 0 Å². The second-order valence-corrected chi connectivity index (χ2v) is 8.92. The fourth-order valence-electron chi connectivity index (χ4n) is 4.36. The average molecular weight is 520 g/mol. The molecule has 0 saturated carbocycles. The van der Waals surface area contributed by atoms with Gasteiger partial charge >= 0.3 is 6.18 Å². The number of amides is 2. The van der Waals surface area contributed by atoms with Gasteiger partial charge in [-0.1, -0.05) is 18.7 Å². The fourth-order valence-corrected chi connectivity index (χ4v) is 4.36. The summed E-state index contributed by atoms with van der Waals surface area (Å²) in [5, 5.41) is 8.08. The van der Waals surface area contributed by atoms with Gasteiger partial charge in [0.2, 0.25) is 5.91 Å². The van der Waals surface area contributed by atoms with Gasteiger partial charge in [-0.2, -0.15) is 13.2 Å². The highest BCUT2D eigenvalue weighted by Crippen LogP contribution is 2.36. The predicted molar refractivity (Wildman–Crippen MR) is 136 cm³/mol. The molecule has 198 valence electrons. The third-order valence-corrected chi connectivity index (χ3v) is 5.83. The van der Waals surface area contributed by atoms with Crippen molar-refractivity contribution in [1.29, 1.82) is 0 Å². The lowest BCUT2D eigenvalue weighted by atomic mass is 10.0. The minimum Gasteiger partial charge on any atom is -0.367 e. The highest BCUT2D eigenvalue weighted by Gasteiger charge is 2.36. The van der Waals surface area contributed by atoms with Gasteiger partial charge in [0.05, 0.1) is 22.5 Å². The number of allylic oxidation sites excluding steroid dienone is 3. The van der Waals surface area contributed by atoms with Gasteiger partial charge < -0.3 is 20.9 Å². The van der Waals surface area contributed by atoms with E-state index >= 15 is 4.39 Å². The summed E-state index contributed by atoms with van der Waals surface area (Å²) < 4.78 is 56.7. The number of alkyl halides is 3. The molecule has 1 aromatic heterocycles. The molecule has 11 heteroatoms. The van der Waals surface area contributed by atoms with Gasteiger partial charge in [0.15, 0.2) is 0 Å². The van der Waals surface area contributed by atoms with Crippen LogP contribution in [0, 0.1) is 5.82 Å². The Hall–Kier alpha value is -3.73. The first-order chi connectivity index (χ1) is 17.3. The molecule has 1 saturated heterocycles. The van der Waals surface area contributed by atoms with E-state index in [0.29, 0.717) is 30.4 Å². The number of nitrogens with zero attached hydrogens (tertiary/aromatic N) is 2. The molecule has 1 aromatic carbocycles. The quantitative estimate of drug-likeness (QED) is 0.360. The molecule has 1 aliphatic rings. The second kappa shape index (κ2) is 11.1. The Kier molecular flexibility index (Phi) is 8.37. The summed E-state index contributed by atoms with van der Waals surface area (Å²) in [7, 11) is 0. The monoisotopic (exact) mass is 519 g/mol. The number of hydrogen-bond donors (Lipinski definition) is 3. The largest absolute Gasteiger partial charge is 0.417 e. The number of aromatic nitrogens is 1. The van der Waals surface area contributed by atoms with E-state index in [9.17, 15) is 22.8 Å². The Morgan fingerprint density at radius 1 is 1.14 bits per heavy atom. The zero-order valence-electron chi connectivity index (χ0n) is 21.0. The minimum atomic E-state index is -4.90. The molecule has 2 heterocycles. The Morgan fingerprint density at radius 3 is 2.32 bits per heavy atom. The molecular formula is C26H29F4N5O2. The topological polar surface area (TPSA) is 86.4 Å². The zero-order valence-corrected chi connectivity index (χ0v) is 21.0. The third kappa shape index (κ3) is 6.53. The first-order valence-corrected chi connectivity index (χ1v) is 11.6. The summed E-state index contributed by atoms with van der Waals surface area (Å²) in [5.41, 5.74) is -0.928. The van der Waals surface area contributed by atoms with E-state index in [1.807, 2.05) is 18.7 Å². The second-order valence-electron chi connectivity index (χ2n) is 8.92. The number of pyridine rings is 1. The Bertz CT molecular complexity index is 1230. The van der Waals surface area contributed by atoms with Crippen LogP contribution in [0.1, 0.15) is 49.2 Å². The first kappa shape index (κ1) is 27.9. The maximum Gasteiger partial charge on any atom is 0.417 e. The first-order valence-electron chi connectivity index (χ1n) is 11.6. The van der Waals surface area contributed by atoms with E-state index in [1.165, 1.54) is 18.2 Å². The number of hydrogen-bond acceptors (Lipinski definition) is 5. The zero-order chi connectivity index (χ0) is 27.5. The Labute approximate surface area is 212 Å². The van der Waals surface area contributed by atoms with Crippen molar-refractivity contribution in [2.45, 2.75) is 46.0 Å². The molecule has 3 N–H and O–H groups in total. The molecule has 1 fully saturated rings. The van der Waals surface area contributed by atoms with Gasteiger partial charge in [0.1, 0.15) is 11.6 Å². The molecule has 0 aliphatic carbocycles. The lowest BCUT2D eigenvalue weighted by molar-refractivity contribution is -0.138. The van der Waals surface area contributed by atoms with E-state index in [4.69, 9.17) is 0 Å². The number of anilines is 3. The Balaban J connectivity index is 2.10. The van der Waals surface area contributed by atoms with Gasteiger partial charge in [-0.3, -0.25) is 9.59 Å². The molecule has 0 radical (unpaired) electrons. The maximum absolute atomic E-state index is 15.2. The van der Waals surface area contributed by atoms with Crippen LogP contribution in [0.3, 0.4) is 0 Å². The summed E-state index contributed by atoms with van der Waals surface area (Å²) in [5.74, 6) is -2.58. The molecule has 0 spiro atoms. The van der Waals surface area contributed by atoms with Crippen molar-refractivity contribution in [3.63, 3.8) is 0 Å². The third-order valence-electron chi connectivity index (χ3n) is 5.83. The van der Waals surface area contributed by atoms with Crippen LogP contribution < -0.4 is 20.9 Å². The number of piperazine rings is 1. The summed E-state index contributed by atoms with van der Waals surface area (Å²) in [6.07, 6.45) is -1.06. The normalized spacial score (nSPS) is 18.4. The SMILES string of the molecule is C=C/C(=C\C)c1cc(NC(=O)c2cnc(NC(C)=O)cc2C(F)(F)F)c(N2C[C@@H](C)N[C@@H](C)C2)cc1F. The van der Waals surface area contributed by atoms with E-state index in [-0.39, 0.29) is 29.2 Å². The van der Waals surface area contributed by atoms with Crippen LogP contribution in [0.5, 0.6) is 0 Å². The number of benzene rings is 1. The number of carbonyl (C=O) groups is 2. The number of rotatable bonds is 6. The van der Waals surface area contributed by atoms with E-state index in [2.05, 4.69) is 27.5 Å². The van der Waals surface area contributed by atoms with E-state index in [1.54, 1.807) is 13.0 Å². The van der Waals surface area contributed by atoms with Crippen molar-refractivity contribution in [2.75, 3.05) is 28.6 Å². The predicted octanol–water partition coefficient (Wildman–Crippen LogP) is 5.23. The van der Waals surface area contributed by atoms with E-state index < -0.39 is 34.9 Å². The molecule has 2 atom stereocenters. The van der Waals surface area contributed by atoms with E-state index in [0.717, 1.165) is 13.1 Å². The summed E-state index contributed by atoms with van der Waals surface area (Å²) >= 11 is 0. The minimum absolute atomic E-state index is 0.0525. The molecule has 0 bridgehead atoms. The van der Waals surface area contributed by atoms with Crippen molar-refractivity contribution < 1.29 is 27.2 Å². The summed E-state index contributed by atoms with van der Waals surface area (Å²) in [6, 6.07) is 3.37. The standard InChI is InChI=1S/C26H29F4N5O2/c1-6-17(7-2)18-8-22(23(10-21(18)27)35-12-14(3)32-15(4)13-35)34-25(37)19-11-31-24(33-16(5)36)9-20(19)26(28,29)30/h6-11,14-15,32H,1,12-13H2,2-5H3,(H,34,37)(H,31,33,36)/b17-7+/t14-,15+. The van der Waals surface area contributed by atoms with Crippen molar-refractivity contribution in [1.82, 2.24) is 10.3 Å². The lowest BCUT2D eigenvalue weighted by Crippen LogP contribution is -2.54. The highest BCUT2D eigenvalue weighted by molar-refractivity contribution is 6.07. The van der Waals surface area contributed by atoms with Gasteiger partial charge in [-0.25, -0.2) is 9.37 Å². The van der Waals surface area contributed by atoms with Crippen molar-refractivity contribution in [3.8, 4) is 0 Å². The molecule has 2 amide bonds. The van der Waals surface area contributed by atoms with Crippen LogP contribution in [0.25, 0.3) is 5.57 Å². The summed E-state index contributed by atoms with van der Waals surface area (Å²) in [4.78, 5) is 30.1. The van der Waals surface area contributed by atoms with Gasteiger partial charge in [-0.15, -0.1) is 0 Å². The number of carbonyl (C=O) groups excluding carboxylic acids is 2.